The summed E-state index contributed by atoms with van der Waals surface area (Å²) in [5.74, 6) is -1.76. The molecule has 8 heteroatoms. The van der Waals surface area contributed by atoms with E-state index >= 15 is 0 Å². The number of carbonyl (C=O) groups excluding carboxylic acids is 2. The maximum atomic E-state index is 11.4. The van der Waals surface area contributed by atoms with Gasteiger partial charge in [-0.3, -0.25) is 4.79 Å². The molecular weight excluding hydrogens is 302 g/mol. The van der Waals surface area contributed by atoms with Crippen LogP contribution in [0.5, 0.6) is 0 Å². The minimum absolute atomic E-state index is 0.283. The molecule has 0 aliphatic carbocycles. The summed E-state index contributed by atoms with van der Waals surface area (Å²) in [4.78, 5) is 26.0. The van der Waals surface area contributed by atoms with Gasteiger partial charge in [0.1, 0.15) is 0 Å². The molecule has 6 nitrogen and oxygen atoms in total. The monoisotopic (exact) mass is 310 g/mol. The van der Waals surface area contributed by atoms with E-state index in [9.17, 15) is 14.7 Å². The molecule has 0 spiro atoms. The zero-order valence-corrected chi connectivity index (χ0v) is 11.6. The molecule has 1 aromatic carbocycles. The quantitative estimate of drug-likeness (QED) is 0.818. The second-order valence-electron chi connectivity index (χ2n) is 3.86. The predicted molar refractivity (Wildman–Crippen MR) is 75.6 cm³/mol. The number of aliphatic carboxylic acids is 1. The van der Waals surface area contributed by atoms with Crippen molar-refractivity contribution in [1.82, 2.24) is 5.43 Å². The van der Waals surface area contributed by atoms with Crippen molar-refractivity contribution in [2.45, 2.75) is 11.7 Å². The van der Waals surface area contributed by atoms with Crippen LogP contribution in [0.2, 0.25) is 5.02 Å². The lowest BCUT2D eigenvalue weighted by molar-refractivity contribution is -0.305. The van der Waals surface area contributed by atoms with Gasteiger partial charge in [0, 0.05) is 23.6 Å². The number of rotatable bonds is 3. The standard InChI is InChI=1S/C12H10ClN3O3S/c13-8-3-1-7(2-4-8)6-14-12-16-15-11(19)9(20-12)5-10(17)18/h1-4,6,9H,5H2,(H,15,19)(H,17,18)/p-1/t9-/m0/s1. The number of amides is 1. The molecule has 1 aliphatic rings. The Hall–Kier alpha value is -1.86. The number of carbonyl (C=O) groups is 2. The first-order chi connectivity index (χ1) is 9.54. The van der Waals surface area contributed by atoms with Crippen molar-refractivity contribution in [3.05, 3.63) is 34.9 Å². The van der Waals surface area contributed by atoms with Gasteiger partial charge in [-0.25, -0.2) is 10.4 Å². The number of thioether (sulfide) groups is 1. The fourth-order valence-electron chi connectivity index (χ4n) is 1.41. The summed E-state index contributed by atoms with van der Waals surface area (Å²) in [6, 6.07) is 6.99. The molecule has 0 bridgehead atoms. The van der Waals surface area contributed by atoms with E-state index in [1.807, 2.05) is 0 Å². The number of amidine groups is 1. The highest BCUT2D eigenvalue weighted by Crippen LogP contribution is 2.20. The van der Waals surface area contributed by atoms with Crippen molar-refractivity contribution in [3.8, 4) is 0 Å². The van der Waals surface area contributed by atoms with Crippen LogP contribution in [0.25, 0.3) is 0 Å². The van der Waals surface area contributed by atoms with E-state index in [4.69, 9.17) is 11.6 Å². The molecule has 1 heterocycles. The van der Waals surface area contributed by atoms with Crippen LogP contribution in [-0.4, -0.2) is 28.5 Å². The number of nitrogens with zero attached hydrogens (tertiary/aromatic N) is 2. The van der Waals surface area contributed by atoms with E-state index < -0.39 is 17.1 Å². The van der Waals surface area contributed by atoms with Crippen LogP contribution < -0.4 is 10.5 Å². The molecule has 1 N–H and O–H groups in total. The summed E-state index contributed by atoms with van der Waals surface area (Å²) in [5.41, 5.74) is 3.05. The van der Waals surface area contributed by atoms with Gasteiger partial charge in [-0.05, 0) is 17.7 Å². The first kappa shape index (κ1) is 14.5. The Morgan fingerprint density at radius 3 is 2.85 bits per heavy atom. The van der Waals surface area contributed by atoms with Crippen LogP contribution in [0.15, 0.2) is 34.4 Å². The van der Waals surface area contributed by atoms with Crippen LogP contribution in [0.4, 0.5) is 0 Å². The SMILES string of the molecule is O=C([O-])C[C@@H]1SC(N=Cc2ccc(Cl)cc2)=NNC1=O. The molecule has 0 saturated carbocycles. The lowest BCUT2D eigenvalue weighted by Gasteiger charge is -2.18. The van der Waals surface area contributed by atoms with Gasteiger partial charge >= 0.3 is 0 Å². The van der Waals surface area contributed by atoms with Gasteiger partial charge in [-0.1, -0.05) is 35.5 Å². The lowest BCUT2D eigenvalue weighted by atomic mass is 10.2. The first-order valence-corrected chi connectivity index (χ1v) is 6.84. The number of carboxylic acids is 1. The topological polar surface area (TPSA) is 93.9 Å². The van der Waals surface area contributed by atoms with E-state index in [-0.39, 0.29) is 11.6 Å². The number of aliphatic imine (C=N–C) groups is 1. The lowest BCUT2D eigenvalue weighted by Crippen LogP contribution is -2.38. The average molecular weight is 311 g/mol. The summed E-state index contributed by atoms with van der Waals surface area (Å²) in [7, 11) is 0. The van der Waals surface area contributed by atoms with Crippen LogP contribution in [0, 0.1) is 0 Å². The number of hydrazone groups is 1. The molecule has 20 heavy (non-hydrogen) atoms. The van der Waals surface area contributed by atoms with E-state index in [1.165, 1.54) is 0 Å². The van der Waals surface area contributed by atoms with Crippen molar-refractivity contribution in [2.75, 3.05) is 0 Å². The Kier molecular flexibility index (Phi) is 4.75. The number of halogens is 1. The Balaban J connectivity index is 2.04. The third-order valence-electron chi connectivity index (χ3n) is 2.35. The van der Waals surface area contributed by atoms with E-state index in [0.29, 0.717) is 5.02 Å². The molecule has 0 unspecified atom stereocenters. The highest BCUT2D eigenvalue weighted by Gasteiger charge is 2.25. The summed E-state index contributed by atoms with van der Waals surface area (Å²) in [6.07, 6.45) is 1.17. The summed E-state index contributed by atoms with van der Waals surface area (Å²) >= 11 is 6.75. The Bertz CT molecular complexity index is 586. The maximum Gasteiger partial charge on any atom is 0.254 e. The minimum Gasteiger partial charge on any atom is -0.550 e. The molecule has 0 radical (unpaired) electrons. The van der Waals surface area contributed by atoms with Crippen LogP contribution in [0.3, 0.4) is 0 Å². The Morgan fingerprint density at radius 2 is 2.20 bits per heavy atom. The third kappa shape index (κ3) is 4.07. The van der Waals surface area contributed by atoms with Crippen molar-refractivity contribution >= 4 is 46.6 Å². The number of hydrogen-bond donors (Lipinski definition) is 1. The van der Waals surface area contributed by atoms with Crippen molar-refractivity contribution in [2.24, 2.45) is 10.1 Å². The minimum atomic E-state index is -1.29. The number of benzene rings is 1. The number of nitrogens with one attached hydrogen (secondary N) is 1. The normalized spacial score (nSPS) is 18.8. The largest absolute Gasteiger partial charge is 0.550 e. The highest BCUT2D eigenvalue weighted by molar-refractivity contribution is 8.15. The van der Waals surface area contributed by atoms with Gasteiger partial charge < -0.3 is 9.90 Å². The van der Waals surface area contributed by atoms with Crippen LogP contribution in [-0.2, 0) is 9.59 Å². The molecule has 0 aromatic heterocycles. The van der Waals surface area contributed by atoms with Gasteiger partial charge in [-0.15, -0.1) is 5.10 Å². The molecule has 0 fully saturated rings. The van der Waals surface area contributed by atoms with Gasteiger partial charge in [0.25, 0.3) is 5.91 Å². The van der Waals surface area contributed by atoms with Gasteiger partial charge in [0.2, 0.25) is 5.17 Å². The van der Waals surface area contributed by atoms with Crippen LogP contribution >= 0.6 is 23.4 Å². The first-order valence-electron chi connectivity index (χ1n) is 5.58. The summed E-state index contributed by atoms with van der Waals surface area (Å²) in [5, 5.41) is 14.4. The maximum absolute atomic E-state index is 11.4. The third-order valence-corrected chi connectivity index (χ3v) is 3.67. The number of hydrogen-bond acceptors (Lipinski definition) is 6. The Labute approximate surface area is 123 Å². The molecule has 1 aromatic rings. The zero-order chi connectivity index (χ0) is 14.5. The molecule has 2 rings (SSSR count). The van der Waals surface area contributed by atoms with Crippen molar-refractivity contribution in [1.29, 1.82) is 0 Å². The predicted octanol–water partition coefficient (Wildman–Crippen LogP) is 0.401. The smallest absolute Gasteiger partial charge is 0.254 e. The van der Waals surface area contributed by atoms with Gasteiger partial charge in [0.15, 0.2) is 0 Å². The fraction of sp³-hybridized carbons (Fsp3) is 0.167. The second-order valence-corrected chi connectivity index (χ2v) is 5.47. The molecule has 1 aliphatic heterocycles. The van der Waals surface area contributed by atoms with E-state index in [2.05, 4.69) is 15.5 Å². The molecule has 1 atom stereocenters. The summed E-state index contributed by atoms with van der Waals surface area (Å²) < 4.78 is 0. The second kappa shape index (κ2) is 6.53. The fourth-order valence-corrected chi connectivity index (χ4v) is 2.38. The van der Waals surface area contributed by atoms with E-state index in [1.54, 1.807) is 30.5 Å². The van der Waals surface area contributed by atoms with Crippen LogP contribution in [0.1, 0.15) is 12.0 Å². The van der Waals surface area contributed by atoms with Gasteiger partial charge in [-0.2, -0.15) is 0 Å². The van der Waals surface area contributed by atoms with E-state index in [0.717, 1.165) is 17.3 Å². The zero-order valence-electron chi connectivity index (χ0n) is 10.1. The number of carboxylic acid groups (broad SMARTS) is 1. The molecular formula is C12H9ClN3O3S-. The van der Waals surface area contributed by atoms with Crippen molar-refractivity contribution in [3.63, 3.8) is 0 Å². The van der Waals surface area contributed by atoms with Crippen molar-refractivity contribution < 1.29 is 14.7 Å². The summed E-state index contributed by atoms with van der Waals surface area (Å²) in [6.45, 7) is 0. The molecule has 1 amide bonds. The highest BCUT2D eigenvalue weighted by atomic mass is 35.5. The molecule has 104 valence electrons. The van der Waals surface area contributed by atoms with Gasteiger partial charge in [0.05, 0.1) is 5.25 Å². The Morgan fingerprint density at radius 1 is 1.50 bits per heavy atom. The molecule has 0 saturated heterocycles. The average Bonchev–Trinajstić information content (AvgIpc) is 2.41.